The van der Waals surface area contributed by atoms with Crippen LogP contribution in [0.1, 0.15) is 23.2 Å². The highest BCUT2D eigenvalue weighted by Gasteiger charge is 2.24. The number of pyridine rings is 1. The fourth-order valence-corrected chi connectivity index (χ4v) is 2.71. The molecule has 0 aromatic carbocycles. The summed E-state index contributed by atoms with van der Waals surface area (Å²) in [5, 5.41) is 2.84. The Morgan fingerprint density at radius 3 is 2.57 bits per heavy atom. The van der Waals surface area contributed by atoms with Crippen molar-refractivity contribution >= 4 is 11.9 Å². The lowest BCUT2D eigenvalue weighted by Crippen LogP contribution is -2.45. The third kappa shape index (κ3) is 4.12. The molecular formula is C16H24N4O3. The molecule has 1 aromatic rings. The zero-order valence-electron chi connectivity index (χ0n) is 13.9. The van der Waals surface area contributed by atoms with Gasteiger partial charge in [-0.05, 0) is 30.9 Å². The first-order valence-electron chi connectivity index (χ1n) is 7.80. The number of urea groups is 1. The number of hydrogen-bond acceptors (Lipinski definition) is 3. The molecule has 1 fully saturated rings. The Labute approximate surface area is 135 Å². The molecule has 0 saturated carbocycles. The van der Waals surface area contributed by atoms with Gasteiger partial charge >= 0.3 is 6.03 Å². The van der Waals surface area contributed by atoms with Gasteiger partial charge in [0, 0.05) is 47.0 Å². The molecule has 0 radical (unpaired) electrons. The topological polar surface area (TPSA) is 74.7 Å². The van der Waals surface area contributed by atoms with E-state index in [0.29, 0.717) is 25.6 Å². The number of likely N-dealkylation sites (tertiary alicyclic amines) is 1. The first kappa shape index (κ1) is 17.1. The van der Waals surface area contributed by atoms with Crippen LogP contribution < -0.4 is 10.9 Å². The maximum atomic E-state index is 12.1. The van der Waals surface area contributed by atoms with Crippen molar-refractivity contribution in [2.24, 2.45) is 13.0 Å². The predicted molar refractivity (Wildman–Crippen MR) is 87.4 cm³/mol. The predicted octanol–water partition coefficient (Wildman–Crippen LogP) is 0.509. The van der Waals surface area contributed by atoms with E-state index in [0.717, 1.165) is 12.8 Å². The molecule has 1 aromatic heterocycles. The second-order valence-electron chi connectivity index (χ2n) is 6.16. The van der Waals surface area contributed by atoms with Gasteiger partial charge < -0.3 is 19.7 Å². The Morgan fingerprint density at radius 1 is 1.30 bits per heavy atom. The van der Waals surface area contributed by atoms with Crippen LogP contribution in [0, 0.1) is 5.92 Å². The zero-order chi connectivity index (χ0) is 17.0. The molecule has 0 aliphatic carbocycles. The minimum atomic E-state index is -0.335. The highest BCUT2D eigenvalue weighted by molar-refractivity contribution is 5.93. The third-order valence-electron chi connectivity index (χ3n) is 4.19. The highest BCUT2D eigenvalue weighted by Crippen LogP contribution is 2.17. The van der Waals surface area contributed by atoms with Crippen molar-refractivity contribution in [2.45, 2.75) is 12.8 Å². The van der Waals surface area contributed by atoms with E-state index in [9.17, 15) is 14.4 Å². The minimum Gasteiger partial charge on any atom is -0.352 e. The van der Waals surface area contributed by atoms with Crippen molar-refractivity contribution in [3.05, 3.63) is 34.2 Å². The van der Waals surface area contributed by atoms with Crippen LogP contribution in [0.25, 0.3) is 0 Å². The molecule has 1 aliphatic rings. The summed E-state index contributed by atoms with van der Waals surface area (Å²) in [6, 6.07) is 3.25. The Hall–Kier alpha value is -2.31. The molecule has 1 saturated heterocycles. The van der Waals surface area contributed by atoms with Gasteiger partial charge in [0.05, 0.1) is 0 Å². The summed E-state index contributed by atoms with van der Waals surface area (Å²) in [6.07, 6.45) is 3.33. The summed E-state index contributed by atoms with van der Waals surface area (Å²) >= 11 is 0. The van der Waals surface area contributed by atoms with Crippen LogP contribution in [-0.2, 0) is 7.05 Å². The van der Waals surface area contributed by atoms with E-state index in [1.807, 2.05) is 4.90 Å². The molecule has 7 nitrogen and oxygen atoms in total. The molecule has 0 atom stereocenters. The summed E-state index contributed by atoms with van der Waals surface area (Å²) in [7, 11) is 5.11. The molecule has 126 valence electrons. The Kier molecular flexibility index (Phi) is 5.41. The molecule has 0 spiro atoms. The first-order valence-corrected chi connectivity index (χ1v) is 7.80. The van der Waals surface area contributed by atoms with Crippen molar-refractivity contribution in [1.82, 2.24) is 19.7 Å². The number of hydrogen-bond donors (Lipinski definition) is 1. The number of piperidine rings is 1. The standard InChI is InChI=1S/C16H24N4O3/c1-18(2)16(23)20-9-6-12(7-10-20)11-17-14(21)13-5-4-8-19(3)15(13)22/h4-5,8,12H,6-7,9-11H2,1-3H3,(H,17,21). The average molecular weight is 320 g/mol. The summed E-state index contributed by atoms with van der Waals surface area (Å²) < 4.78 is 1.39. The third-order valence-corrected chi connectivity index (χ3v) is 4.19. The lowest BCUT2D eigenvalue weighted by atomic mass is 9.97. The number of nitrogens with zero attached hydrogens (tertiary/aromatic N) is 3. The molecule has 7 heteroatoms. The van der Waals surface area contributed by atoms with Crippen LogP contribution in [0.2, 0.25) is 0 Å². The molecule has 2 heterocycles. The molecule has 3 amide bonds. The van der Waals surface area contributed by atoms with E-state index in [1.165, 1.54) is 10.6 Å². The number of aryl methyl sites for hydroxylation is 1. The van der Waals surface area contributed by atoms with E-state index in [4.69, 9.17) is 0 Å². The van der Waals surface area contributed by atoms with Crippen molar-refractivity contribution < 1.29 is 9.59 Å². The second-order valence-corrected chi connectivity index (χ2v) is 6.16. The number of rotatable bonds is 3. The van der Waals surface area contributed by atoms with E-state index >= 15 is 0 Å². The number of aromatic nitrogens is 1. The smallest absolute Gasteiger partial charge is 0.319 e. The quantitative estimate of drug-likeness (QED) is 0.882. The van der Waals surface area contributed by atoms with Crippen molar-refractivity contribution in [2.75, 3.05) is 33.7 Å². The average Bonchev–Trinajstić information content (AvgIpc) is 2.55. The normalized spacial score (nSPS) is 15.3. The van der Waals surface area contributed by atoms with Crippen LogP contribution in [0.5, 0.6) is 0 Å². The van der Waals surface area contributed by atoms with Crippen LogP contribution in [0.4, 0.5) is 4.79 Å². The van der Waals surface area contributed by atoms with E-state index < -0.39 is 0 Å². The summed E-state index contributed by atoms with van der Waals surface area (Å²) in [5.74, 6) is -0.00396. The largest absolute Gasteiger partial charge is 0.352 e. The van der Waals surface area contributed by atoms with Crippen LogP contribution in [-0.4, -0.2) is 60.0 Å². The fraction of sp³-hybridized carbons (Fsp3) is 0.562. The van der Waals surface area contributed by atoms with Crippen molar-refractivity contribution in [3.8, 4) is 0 Å². The Bertz CT molecular complexity index is 630. The van der Waals surface area contributed by atoms with Gasteiger partial charge in [-0.25, -0.2) is 4.79 Å². The van der Waals surface area contributed by atoms with Gasteiger partial charge in [0.25, 0.3) is 11.5 Å². The van der Waals surface area contributed by atoms with Gasteiger partial charge in [-0.15, -0.1) is 0 Å². The molecule has 2 rings (SSSR count). The maximum absolute atomic E-state index is 12.1. The molecule has 1 N–H and O–H groups in total. The fourth-order valence-electron chi connectivity index (χ4n) is 2.71. The summed E-state index contributed by atoms with van der Waals surface area (Å²) in [5.41, 5.74) is -0.133. The number of amides is 3. The first-order chi connectivity index (χ1) is 10.9. The highest BCUT2D eigenvalue weighted by atomic mass is 16.2. The summed E-state index contributed by atoms with van der Waals surface area (Å²) in [6.45, 7) is 1.93. The Morgan fingerprint density at radius 2 is 1.96 bits per heavy atom. The van der Waals surface area contributed by atoms with Gasteiger partial charge in [0.15, 0.2) is 0 Å². The van der Waals surface area contributed by atoms with E-state index in [1.54, 1.807) is 38.3 Å². The molecule has 23 heavy (non-hydrogen) atoms. The number of carbonyl (C=O) groups excluding carboxylic acids is 2. The van der Waals surface area contributed by atoms with Crippen molar-refractivity contribution in [3.63, 3.8) is 0 Å². The molecular weight excluding hydrogens is 296 g/mol. The molecule has 1 aliphatic heterocycles. The van der Waals surface area contributed by atoms with Gasteiger partial charge in [-0.1, -0.05) is 0 Å². The van der Waals surface area contributed by atoms with Gasteiger partial charge in [-0.3, -0.25) is 9.59 Å². The van der Waals surface area contributed by atoms with E-state index in [-0.39, 0.29) is 23.1 Å². The zero-order valence-corrected chi connectivity index (χ0v) is 13.9. The molecule has 0 bridgehead atoms. The monoisotopic (exact) mass is 320 g/mol. The maximum Gasteiger partial charge on any atom is 0.319 e. The lowest BCUT2D eigenvalue weighted by Gasteiger charge is -2.33. The van der Waals surface area contributed by atoms with Crippen molar-refractivity contribution in [1.29, 1.82) is 0 Å². The van der Waals surface area contributed by atoms with Crippen LogP contribution in [0.15, 0.2) is 23.1 Å². The number of carbonyl (C=O) groups is 2. The number of nitrogens with one attached hydrogen (secondary N) is 1. The lowest BCUT2D eigenvalue weighted by molar-refractivity contribution is 0.0933. The Balaban J connectivity index is 1.84. The van der Waals surface area contributed by atoms with Crippen LogP contribution >= 0.6 is 0 Å². The van der Waals surface area contributed by atoms with Crippen LogP contribution in [0.3, 0.4) is 0 Å². The minimum absolute atomic E-state index is 0.0280. The SMILES string of the molecule is CN(C)C(=O)N1CCC(CNC(=O)c2cccn(C)c2=O)CC1. The second kappa shape index (κ2) is 7.30. The van der Waals surface area contributed by atoms with Gasteiger partial charge in [-0.2, -0.15) is 0 Å². The van der Waals surface area contributed by atoms with E-state index in [2.05, 4.69) is 5.32 Å². The molecule has 0 unspecified atom stereocenters. The summed E-state index contributed by atoms with van der Waals surface area (Å²) in [4.78, 5) is 39.3. The van der Waals surface area contributed by atoms with Gasteiger partial charge in [0.1, 0.15) is 5.56 Å². The van der Waals surface area contributed by atoms with Gasteiger partial charge in [0.2, 0.25) is 0 Å².